The van der Waals surface area contributed by atoms with Crippen LogP contribution in [-0.2, 0) is 18.2 Å². The molecular formula is C10H14F4N2O2. The maximum atomic E-state index is 12.5. The molecule has 0 fully saturated rings. The standard InChI is InChI=1S/C10H14F4N2O2/c1-16-3-2-15-8(16)4-7(17)5-18-6-10(13,14)9(11)12/h2-3,7,9,17H,4-6H2,1H3. The number of rotatable bonds is 7. The molecule has 1 N–H and O–H groups in total. The fraction of sp³-hybridized carbons (Fsp3) is 0.700. The summed E-state index contributed by atoms with van der Waals surface area (Å²) in [5.74, 6) is -3.64. The monoisotopic (exact) mass is 270 g/mol. The van der Waals surface area contributed by atoms with Gasteiger partial charge in [-0.05, 0) is 0 Å². The molecule has 0 aromatic carbocycles. The van der Waals surface area contributed by atoms with Crippen molar-refractivity contribution in [2.45, 2.75) is 24.9 Å². The van der Waals surface area contributed by atoms with Gasteiger partial charge in [0.05, 0.1) is 12.7 Å². The molecule has 4 nitrogen and oxygen atoms in total. The van der Waals surface area contributed by atoms with Crippen molar-refractivity contribution in [2.75, 3.05) is 13.2 Å². The fourth-order valence-electron chi connectivity index (χ4n) is 1.26. The van der Waals surface area contributed by atoms with E-state index >= 15 is 0 Å². The van der Waals surface area contributed by atoms with Crippen LogP contribution in [0.4, 0.5) is 17.6 Å². The third-order valence-corrected chi connectivity index (χ3v) is 2.26. The molecule has 18 heavy (non-hydrogen) atoms. The van der Waals surface area contributed by atoms with E-state index in [4.69, 9.17) is 0 Å². The van der Waals surface area contributed by atoms with E-state index in [9.17, 15) is 22.7 Å². The Kier molecular flexibility index (Phi) is 5.09. The second kappa shape index (κ2) is 6.14. The van der Waals surface area contributed by atoms with Gasteiger partial charge in [0.1, 0.15) is 12.4 Å². The van der Waals surface area contributed by atoms with Gasteiger partial charge < -0.3 is 14.4 Å². The van der Waals surface area contributed by atoms with E-state index in [0.29, 0.717) is 5.82 Å². The van der Waals surface area contributed by atoms with Crippen molar-refractivity contribution in [3.63, 3.8) is 0 Å². The van der Waals surface area contributed by atoms with E-state index in [1.165, 1.54) is 6.20 Å². The summed E-state index contributed by atoms with van der Waals surface area (Å²) < 4.78 is 54.6. The highest BCUT2D eigenvalue weighted by atomic mass is 19.3. The summed E-state index contributed by atoms with van der Waals surface area (Å²) in [4.78, 5) is 3.92. The molecule has 1 heterocycles. The number of hydrogen-bond acceptors (Lipinski definition) is 3. The Morgan fingerprint density at radius 3 is 2.67 bits per heavy atom. The number of ether oxygens (including phenoxy) is 1. The van der Waals surface area contributed by atoms with Crippen LogP contribution in [0.3, 0.4) is 0 Å². The molecule has 1 aromatic rings. The number of hydrogen-bond donors (Lipinski definition) is 1. The molecule has 1 atom stereocenters. The van der Waals surface area contributed by atoms with Gasteiger partial charge in [0.15, 0.2) is 0 Å². The summed E-state index contributed by atoms with van der Waals surface area (Å²) in [7, 11) is 1.71. The predicted molar refractivity (Wildman–Crippen MR) is 54.7 cm³/mol. The van der Waals surface area contributed by atoms with Crippen molar-refractivity contribution in [1.29, 1.82) is 0 Å². The van der Waals surface area contributed by atoms with Crippen LogP contribution in [0.1, 0.15) is 5.82 Å². The van der Waals surface area contributed by atoms with Crippen molar-refractivity contribution in [3.8, 4) is 0 Å². The summed E-state index contributed by atoms with van der Waals surface area (Å²) in [5.41, 5.74) is 0. The number of imidazole rings is 1. The van der Waals surface area contributed by atoms with Gasteiger partial charge in [-0.25, -0.2) is 13.8 Å². The number of alkyl halides is 4. The minimum absolute atomic E-state index is 0.101. The van der Waals surface area contributed by atoms with Crippen LogP contribution in [0.15, 0.2) is 12.4 Å². The molecule has 0 amide bonds. The molecule has 1 unspecified atom stereocenters. The summed E-state index contributed by atoms with van der Waals surface area (Å²) in [5, 5.41) is 9.47. The maximum Gasteiger partial charge on any atom is 0.330 e. The third-order valence-electron chi connectivity index (χ3n) is 2.26. The number of aromatic nitrogens is 2. The first kappa shape index (κ1) is 14.9. The van der Waals surface area contributed by atoms with E-state index in [2.05, 4.69) is 9.72 Å². The Morgan fingerprint density at radius 1 is 1.50 bits per heavy atom. The first-order valence-electron chi connectivity index (χ1n) is 5.21. The van der Waals surface area contributed by atoms with Gasteiger partial charge in [-0.3, -0.25) is 0 Å². The lowest BCUT2D eigenvalue weighted by Crippen LogP contribution is -2.34. The number of halogens is 4. The van der Waals surface area contributed by atoms with Crippen LogP contribution in [0.5, 0.6) is 0 Å². The highest BCUT2D eigenvalue weighted by molar-refractivity contribution is 4.92. The zero-order valence-corrected chi connectivity index (χ0v) is 9.69. The van der Waals surface area contributed by atoms with E-state index in [0.717, 1.165) is 0 Å². The normalized spacial score (nSPS) is 14.2. The molecule has 0 bridgehead atoms. The Labute approximate surface area is 101 Å². The van der Waals surface area contributed by atoms with Crippen molar-refractivity contribution in [3.05, 3.63) is 18.2 Å². The molecule has 8 heteroatoms. The Morgan fingerprint density at radius 2 is 2.17 bits per heavy atom. The second-order valence-corrected chi connectivity index (χ2v) is 3.89. The molecule has 0 spiro atoms. The van der Waals surface area contributed by atoms with E-state index in [1.54, 1.807) is 17.8 Å². The van der Waals surface area contributed by atoms with Gasteiger partial charge in [-0.15, -0.1) is 0 Å². The Hall–Kier alpha value is -1.15. The van der Waals surface area contributed by atoms with Gasteiger partial charge in [0.25, 0.3) is 0 Å². The molecular weight excluding hydrogens is 256 g/mol. The zero-order valence-electron chi connectivity index (χ0n) is 9.69. The Bertz CT molecular complexity index is 371. The average Bonchev–Trinajstić information content (AvgIpc) is 2.64. The van der Waals surface area contributed by atoms with E-state index < -0.39 is 31.7 Å². The summed E-state index contributed by atoms with van der Waals surface area (Å²) in [6, 6.07) is 0. The summed E-state index contributed by atoms with van der Waals surface area (Å²) >= 11 is 0. The quantitative estimate of drug-likeness (QED) is 0.758. The van der Waals surface area contributed by atoms with E-state index in [1.807, 2.05) is 0 Å². The topological polar surface area (TPSA) is 47.3 Å². The second-order valence-electron chi connectivity index (χ2n) is 3.89. The van der Waals surface area contributed by atoms with Crippen LogP contribution in [0.25, 0.3) is 0 Å². The first-order chi connectivity index (χ1) is 8.33. The minimum Gasteiger partial charge on any atom is -0.390 e. The smallest absolute Gasteiger partial charge is 0.330 e. The highest BCUT2D eigenvalue weighted by Crippen LogP contribution is 2.22. The first-order valence-corrected chi connectivity index (χ1v) is 5.21. The fourth-order valence-corrected chi connectivity index (χ4v) is 1.26. The van der Waals surface area contributed by atoms with Gasteiger partial charge in [0, 0.05) is 25.9 Å². The molecule has 0 aliphatic heterocycles. The lowest BCUT2D eigenvalue weighted by molar-refractivity contribution is -0.170. The number of nitrogens with zero attached hydrogens (tertiary/aromatic N) is 2. The lowest BCUT2D eigenvalue weighted by atomic mass is 10.2. The number of aryl methyl sites for hydroxylation is 1. The zero-order chi connectivity index (χ0) is 13.8. The molecule has 104 valence electrons. The van der Waals surface area contributed by atoms with Crippen molar-refractivity contribution >= 4 is 0 Å². The lowest BCUT2D eigenvalue weighted by Gasteiger charge is -2.17. The van der Waals surface area contributed by atoms with Gasteiger partial charge in [0.2, 0.25) is 0 Å². The van der Waals surface area contributed by atoms with Gasteiger partial charge in [-0.1, -0.05) is 0 Å². The number of aliphatic hydroxyl groups is 1. The Balaban J connectivity index is 2.30. The summed E-state index contributed by atoms with van der Waals surface area (Å²) in [6.07, 6.45) is -1.56. The van der Waals surface area contributed by atoms with Crippen LogP contribution in [0.2, 0.25) is 0 Å². The van der Waals surface area contributed by atoms with Crippen molar-refractivity contribution < 1.29 is 27.4 Å². The molecule has 1 aromatic heterocycles. The average molecular weight is 270 g/mol. The van der Waals surface area contributed by atoms with Crippen LogP contribution >= 0.6 is 0 Å². The summed E-state index contributed by atoms with van der Waals surface area (Å²) in [6.45, 7) is -1.86. The third kappa shape index (κ3) is 4.26. The van der Waals surface area contributed by atoms with Crippen molar-refractivity contribution in [2.24, 2.45) is 7.05 Å². The van der Waals surface area contributed by atoms with E-state index in [-0.39, 0.29) is 6.42 Å². The van der Waals surface area contributed by atoms with Crippen LogP contribution in [-0.4, -0.2) is 46.3 Å². The molecule has 0 saturated carbocycles. The minimum atomic E-state index is -4.19. The molecule has 0 aliphatic rings. The van der Waals surface area contributed by atoms with Gasteiger partial charge in [-0.2, -0.15) is 8.78 Å². The number of aliphatic hydroxyl groups excluding tert-OH is 1. The highest BCUT2D eigenvalue weighted by Gasteiger charge is 2.41. The molecule has 1 rings (SSSR count). The van der Waals surface area contributed by atoms with Crippen LogP contribution < -0.4 is 0 Å². The predicted octanol–water partition coefficient (Wildman–Crippen LogP) is 1.24. The molecule has 0 radical (unpaired) electrons. The largest absolute Gasteiger partial charge is 0.390 e. The van der Waals surface area contributed by atoms with Gasteiger partial charge >= 0.3 is 12.3 Å². The SMILES string of the molecule is Cn1ccnc1CC(O)COCC(F)(F)C(F)F. The molecule has 0 aliphatic carbocycles. The van der Waals surface area contributed by atoms with Crippen molar-refractivity contribution in [1.82, 2.24) is 9.55 Å². The van der Waals surface area contributed by atoms with Crippen LogP contribution in [0, 0.1) is 0 Å². The maximum absolute atomic E-state index is 12.5. The molecule has 0 saturated heterocycles.